The first kappa shape index (κ1) is 25.0. The van der Waals surface area contributed by atoms with Crippen molar-refractivity contribution in [2.24, 2.45) is 0 Å². The average Bonchev–Trinajstić information content (AvgIpc) is 2.22. The average molecular weight is 346 g/mol. The summed E-state index contributed by atoms with van der Waals surface area (Å²) in [4.78, 5) is 44.4. The second-order valence-corrected chi connectivity index (χ2v) is 4.00. The van der Waals surface area contributed by atoms with Gasteiger partial charge >= 0.3 is 23.9 Å². The van der Waals surface area contributed by atoms with Crippen LogP contribution in [0.1, 0.15) is 0 Å². The molecule has 0 aliphatic rings. The molecule has 0 rings (SSSR count). The van der Waals surface area contributed by atoms with Crippen molar-refractivity contribution in [3.8, 4) is 0 Å². The molecule has 0 amide bonds. The molecule has 0 radical (unpaired) electrons. The van der Waals surface area contributed by atoms with Crippen molar-refractivity contribution in [1.29, 1.82) is 0 Å². The monoisotopic (exact) mass is 345 g/mol. The van der Waals surface area contributed by atoms with Crippen LogP contribution in [0.15, 0.2) is 0 Å². The fraction of sp³-hybridized carbons (Fsp3) is 0.600. The molecule has 0 bridgehead atoms. The number of aliphatic carboxylic acids is 4. The number of hydrogen-bond donors (Lipinski definition) is 5. The lowest BCUT2D eigenvalue weighted by molar-refractivity contribution is -0.145. The second-order valence-electron chi connectivity index (χ2n) is 4.00. The predicted molar refractivity (Wildman–Crippen MR) is 69.4 cm³/mol. The van der Waals surface area contributed by atoms with E-state index in [4.69, 9.17) is 20.4 Å². The van der Waals surface area contributed by atoms with Crippen molar-refractivity contribution < 1.29 is 52.0 Å². The van der Waals surface area contributed by atoms with E-state index < -0.39 is 50.1 Å². The highest BCUT2D eigenvalue weighted by atomic mass is 35.5. The van der Waals surface area contributed by atoms with Gasteiger partial charge in [0.05, 0.1) is 26.2 Å². The highest BCUT2D eigenvalue weighted by molar-refractivity contribution is 5.73. The van der Waals surface area contributed by atoms with Crippen LogP contribution in [0.5, 0.6) is 0 Å². The van der Waals surface area contributed by atoms with Crippen LogP contribution in [-0.4, -0.2) is 93.4 Å². The van der Waals surface area contributed by atoms with Gasteiger partial charge in [0.2, 0.25) is 0 Å². The van der Waals surface area contributed by atoms with E-state index in [9.17, 15) is 19.2 Å². The number of hydrogen-bond acceptors (Lipinski definition) is 6. The lowest BCUT2D eigenvalue weighted by atomic mass is 10.4. The molecule has 0 atom stereocenters. The van der Waals surface area contributed by atoms with Crippen molar-refractivity contribution in [2.45, 2.75) is 0 Å². The van der Waals surface area contributed by atoms with Crippen molar-refractivity contribution in [3.05, 3.63) is 0 Å². The molecule has 12 heteroatoms. The molecule has 0 fully saturated rings. The van der Waals surface area contributed by atoms with Gasteiger partial charge in [-0.3, -0.25) is 29.0 Å². The molecule has 0 aromatic rings. The molecule has 0 saturated carbocycles. The van der Waals surface area contributed by atoms with Crippen molar-refractivity contribution in [1.82, 2.24) is 16.0 Å². The number of halogens is 1. The van der Waals surface area contributed by atoms with Gasteiger partial charge in [0.1, 0.15) is 0 Å². The van der Waals surface area contributed by atoms with Crippen molar-refractivity contribution in [2.75, 3.05) is 39.3 Å². The lowest BCUT2D eigenvalue weighted by Gasteiger charge is -2.23. The van der Waals surface area contributed by atoms with Crippen LogP contribution in [0.25, 0.3) is 0 Å². The molecule has 11 nitrogen and oxygen atoms in total. The van der Waals surface area contributed by atoms with Crippen LogP contribution in [0.4, 0.5) is 0 Å². The third-order valence-electron chi connectivity index (χ3n) is 2.17. The highest BCUT2D eigenvalue weighted by Crippen LogP contribution is 1.94. The van der Waals surface area contributed by atoms with Gasteiger partial charge in [0.15, 0.2) is 0 Å². The van der Waals surface area contributed by atoms with E-state index in [2.05, 4.69) is 0 Å². The van der Waals surface area contributed by atoms with Crippen LogP contribution in [0.3, 0.4) is 0 Å². The summed E-state index contributed by atoms with van der Waals surface area (Å²) in [5.74, 6) is -4.91. The molecule has 0 heterocycles. The summed E-state index contributed by atoms with van der Waals surface area (Å²) in [6, 6.07) is 0. The van der Waals surface area contributed by atoms with E-state index in [1.807, 2.05) is 0 Å². The Hall–Kier alpha value is -1.95. The minimum absolute atomic E-state index is 0. The lowest BCUT2D eigenvalue weighted by Crippen LogP contribution is -3.00. The van der Waals surface area contributed by atoms with E-state index in [1.165, 1.54) is 0 Å². The highest BCUT2D eigenvalue weighted by Gasteiger charge is 2.17. The summed E-state index contributed by atoms with van der Waals surface area (Å²) in [5.41, 5.74) is 0. The number of carboxylic acid groups (broad SMARTS) is 4. The third-order valence-corrected chi connectivity index (χ3v) is 2.17. The first-order valence-electron chi connectivity index (χ1n) is 5.52. The van der Waals surface area contributed by atoms with Gasteiger partial charge in [-0.1, -0.05) is 0 Å². The van der Waals surface area contributed by atoms with Gasteiger partial charge in [0.25, 0.3) is 0 Å². The van der Waals surface area contributed by atoms with Gasteiger partial charge < -0.3 is 39.0 Å². The molecular weight excluding hydrogens is 326 g/mol. The van der Waals surface area contributed by atoms with E-state index in [1.54, 1.807) is 0 Å². The maximum atomic E-state index is 10.6. The number of carboxylic acids is 4. The summed E-state index contributed by atoms with van der Waals surface area (Å²) in [6.45, 7) is -2.25. The molecule has 130 valence electrons. The Bertz CT molecular complexity index is 324. The van der Waals surface area contributed by atoms with Crippen molar-refractivity contribution >= 4 is 23.9 Å². The maximum absolute atomic E-state index is 10.6. The summed E-state index contributed by atoms with van der Waals surface area (Å²) < 4.78 is 0. The largest absolute Gasteiger partial charge is 1.00 e. The molecule has 0 aliphatic carbocycles. The molecule has 0 aliphatic heterocycles. The van der Waals surface area contributed by atoms with Crippen LogP contribution in [0.2, 0.25) is 0 Å². The smallest absolute Gasteiger partial charge is 0.317 e. The fourth-order valence-electron chi connectivity index (χ4n) is 1.48. The molecule has 0 saturated heterocycles. The Morgan fingerprint density at radius 1 is 0.591 bits per heavy atom. The number of carbonyl (C=O) groups is 4. The SMILES string of the molecule is O=C(O)CN(CCN(CC(=O)O)CC(=O)O)CC(=O)O.[Cl-].[NH4+]. The van der Waals surface area contributed by atoms with Crippen LogP contribution in [-0.2, 0) is 19.2 Å². The summed E-state index contributed by atoms with van der Waals surface area (Å²) in [5, 5.41) is 34.5. The normalized spacial score (nSPS) is 9.73. The number of quaternary nitrogens is 1. The Labute approximate surface area is 132 Å². The van der Waals surface area contributed by atoms with Crippen LogP contribution >= 0.6 is 0 Å². The molecule has 8 N–H and O–H groups in total. The summed E-state index contributed by atoms with van der Waals surface area (Å²) >= 11 is 0. The van der Waals surface area contributed by atoms with E-state index in [0.29, 0.717) is 0 Å². The minimum Gasteiger partial charge on any atom is -1.00 e. The molecule has 0 spiro atoms. The fourth-order valence-corrected chi connectivity index (χ4v) is 1.48. The quantitative estimate of drug-likeness (QED) is 0.243. The minimum atomic E-state index is -1.23. The van der Waals surface area contributed by atoms with E-state index in [-0.39, 0.29) is 31.6 Å². The number of rotatable bonds is 11. The van der Waals surface area contributed by atoms with Crippen LogP contribution < -0.4 is 18.6 Å². The molecule has 0 unspecified atom stereocenters. The Kier molecular flexibility index (Phi) is 14.5. The third kappa shape index (κ3) is 14.5. The topological polar surface area (TPSA) is 192 Å². The van der Waals surface area contributed by atoms with Gasteiger partial charge in [-0.2, -0.15) is 0 Å². The first-order chi connectivity index (χ1) is 9.20. The maximum Gasteiger partial charge on any atom is 0.317 e. The Morgan fingerprint density at radius 3 is 0.909 bits per heavy atom. The number of nitrogens with zero attached hydrogens (tertiary/aromatic N) is 2. The summed E-state index contributed by atoms with van der Waals surface area (Å²) in [7, 11) is 0. The molecule has 0 aromatic heterocycles. The molecule has 22 heavy (non-hydrogen) atoms. The first-order valence-corrected chi connectivity index (χ1v) is 5.52. The van der Waals surface area contributed by atoms with E-state index in [0.717, 1.165) is 9.80 Å². The van der Waals surface area contributed by atoms with E-state index >= 15 is 0 Å². The molecule has 0 aromatic carbocycles. The zero-order valence-corrected chi connectivity index (χ0v) is 12.7. The zero-order chi connectivity index (χ0) is 15.7. The van der Waals surface area contributed by atoms with Gasteiger partial charge in [-0.15, -0.1) is 0 Å². The van der Waals surface area contributed by atoms with Gasteiger partial charge in [0, 0.05) is 13.1 Å². The zero-order valence-electron chi connectivity index (χ0n) is 11.9. The molecular formula is C10H20ClN3O8. The van der Waals surface area contributed by atoms with Gasteiger partial charge in [-0.05, 0) is 0 Å². The predicted octanol–water partition coefficient (Wildman–Crippen LogP) is -4.69. The Balaban J connectivity index is -0.00000180. The second kappa shape index (κ2) is 12.8. The standard InChI is InChI=1S/C10H16N2O8.ClH.H3N/c13-7(14)3-11(4-8(15)16)1-2-12(5-9(17)18)6-10(19)20;;/h1-6H2,(H,13,14)(H,15,16)(H,17,18)(H,19,20);1H;1H3. The van der Waals surface area contributed by atoms with Crippen LogP contribution in [0, 0.1) is 0 Å². The van der Waals surface area contributed by atoms with Crippen molar-refractivity contribution in [3.63, 3.8) is 0 Å². The Morgan fingerprint density at radius 2 is 0.773 bits per heavy atom. The summed E-state index contributed by atoms with van der Waals surface area (Å²) in [6.07, 6.45) is 0. The van der Waals surface area contributed by atoms with Gasteiger partial charge in [-0.25, -0.2) is 0 Å².